The van der Waals surface area contributed by atoms with Gasteiger partial charge in [0.05, 0.1) is 23.6 Å². The Morgan fingerprint density at radius 2 is 1.95 bits per heavy atom. The molecular weight excluding hydrogens is 278 g/mol. The van der Waals surface area contributed by atoms with E-state index in [4.69, 9.17) is 10.5 Å². The molecule has 20 heavy (non-hydrogen) atoms. The van der Waals surface area contributed by atoms with Crippen molar-refractivity contribution in [3.63, 3.8) is 0 Å². The fourth-order valence-corrected chi connectivity index (χ4v) is 2.56. The lowest BCUT2D eigenvalue weighted by atomic mass is 10.2. The van der Waals surface area contributed by atoms with Crippen LogP contribution in [-0.2, 0) is 16.4 Å². The highest BCUT2D eigenvalue weighted by atomic mass is 32.2. The molecule has 2 N–H and O–H groups in total. The highest BCUT2D eigenvalue weighted by Gasteiger charge is 2.17. The quantitative estimate of drug-likeness (QED) is 0.873. The van der Waals surface area contributed by atoms with Crippen molar-refractivity contribution in [2.45, 2.75) is 11.3 Å². The minimum atomic E-state index is -3.80. The summed E-state index contributed by atoms with van der Waals surface area (Å²) in [5.74, 6) is 0.0219. The second-order valence-corrected chi connectivity index (χ2v) is 5.54. The second-order valence-electron chi connectivity index (χ2n) is 3.85. The fraction of sp³-hybridized carbons (Fsp3) is 0.0833. The highest BCUT2D eigenvalue weighted by Crippen LogP contribution is 2.17. The van der Waals surface area contributed by atoms with Crippen molar-refractivity contribution in [3.8, 4) is 12.1 Å². The Morgan fingerprint density at radius 1 is 1.25 bits per heavy atom. The van der Waals surface area contributed by atoms with Gasteiger partial charge in [0.2, 0.25) is 0 Å². The molecule has 2 aromatic rings. The number of hydrogen-bond donors (Lipinski definition) is 2. The Labute approximate surface area is 115 Å². The number of nitriles is 2. The van der Waals surface area contributed by atoms with Crippen molar-refractivity contribution in [3.05, 3.63) is 41.6 Å². The Balaban J connectivity index is 2.27. The van der Waals surface area contributed by atoms with Gasteiger partial charge in [0.15, 0.2) is 5.82 Å². The van der Waals surface area contributed by atoms with E-state index in [1.54, 1.807) is 12.1 Å². The Morgan fingerprint density at radius 3 is 2.55 bits per heavy atom. The van der Waals surface area contributed by atoms with Crippen LogP contribution >= 0.6 is 0 Å². The average molecular weight is 287 g/mol. The van der Waals surface area contributed by atoms with E-state index in [9.17, 15) is 8.42 Å². The molecule has 0 saturated heterocycles. The summed E-state index contributed by atoms with van der Waals surface area (Å²) >= 11 is 0. The van der Waals surface area contributed by atoms with E-state index >= 15 is 0 Å². The molecule has 0 saturated carbocycles. The molecule has 7 nitrogen and oxygen atoms in total. The average Bonchev–Trinajstić information content (AvgIpc) is 2.86. The molecular formula is C12H9N5O2S. The number of nitrogens with one attached hydrogen (secondary N) is 2. The van der Waals surface area contributed by atoms with Gasteiger partial charge in [-0.2, -0.15) is 15.6 Å². The van der Waals surface area contributed by atoms with Gasteiger partial charge in [0.25, 0.3) is 10.0 Å². The third-order valence-electron chi connectivity index (χ3n) is 2.51. The Bertz CT molecular complexity index is 794. The normalized spacial score (nSPS) is 10.5. The van der Waals surface area contributed by atoms with Gasteiger partial charge in [-0.15, -0.1) is 0 Å². The van der Waals surface area contributed by atoms with Crippen LogP contribution in [0.5, 0.6) is 0 Å². The number of hydrogen-bond acceptors (Lipinski definition) is 5. The lowest BCUT2D eigenvalue weighted by Crippen LogP contribution is -2.14. The van der Waals surface area contributed by atoms with Crippen molar-refractivity contribution >= 4 is 15.8 Å². The topological polar surface area (TPSA) is 122 Å². The summed E-state index contributed by atoms with van der Waals surface area (Å²) in [6.07, 6.45) is 1.45. The second kappa shape index (κ2) is 5.43. The highest BCUT2D eigenvalue weighted by molar-refractivity contribution is 7.92. The first-order valence-electron chi connectivity index (χ1n) is 5.49. The van der Waals surface area contributed by atoms with Crippen LogP contribution in [-0.4, -0.2) is 18.6 Å². The molecule has 0 atom stereocenters. The third kappa shape index (κ3) is 2.76. The summed E-state index contributed by atoms with van der Waals surface area (Å²) in [4.78, 5) is 0.0395. The molecule has 0 bridgehead atoms. The summed E-state index contributed by atoms with van der Waals surface area (Å²) in [6.45, 7) is 0. The van der Waals surface area contributed by atoms with Gasteiger partial charge in [0, 0.05) is 0 Å². The number of rotatable bonds is 4. The molecule has 0 aliphatic heterocycles. The van der Waals surface area contributed by atoms with Crippen LogP contribution in [0.4, 0.5) is 5.82 Å². The van der Waals surface area contributed by atoms with Gasteiger partial charge >= 0.3 is 0 Å². The predicted molar refractivity (Wildman–Crippen MR) is 69.9 cm³/mol. The van der Waals surface area contributed by atoms with Crippen LogP contribution in [0.3, 0.4) is 0 Å². The molecule has 1 heterocycles. The monoisotopic (exact) mass is 287 g/mol. The lowest BCUT2D eigenvalue weighted by Gasteiger charge is -2.06. The zero-order valence-electron chi connectivity index (χ0n) is 10.2. The fourth-order valence-electron chi connectivity index (χ4n) is 1.52. The number of sulfonamides is 1. The summed E-state index contributed by atoms with van der Waals surface area (Å²) in [6, 6.07) is 9.73. The molecule has 8 heteroatoms. The van der Waals surface area contributed by atoms with E-state index in [1.165, 1.54) is 18.3 Å². The van der Waals surface area contributed by atoms with Crippen LogP contribution in [0.15, 0.2) is 35.4 Å². The van der Waals surface area contributed by atoms with Gasteiger partial charge in [-0.05, 0) is 17.7 Å². The maximum Gasteiger partial charge on any atom is 0.263 e. The minimum Gasteiger partial charge on any atom is -0.263 e. The smallest absolute Gasteiger partial charge is 0.263 e. The van der Waals surface area contributed by atoms with Crippen molar-refractivity contribution < 1.29 is 8.42 Å². The van der Waals surface area contributed by atoms with Crippen molar-refractivity contribution in [2.75, 3.05) is 4.72 Å². The maximum atomic E-state index is 12.1. The maximum absolute atomic E-state index is 12.1. The standard InChI is InChI=1S/C12H9N5O2S/c13-6-5-9-1-3-11(4-2-9)20(18,19)17-12-10(7-14)8-15-16-12/h1-4,8H,5H2,(H2,15,16,17). The summed E-state index contributed by atoms with van der Waals surface area (Å²) < 4.78 is 26.5. The minimum absolute atomic E-state index is 0.0219. The van der Waals surface area contributed by atoms with Gasteiger partial charge in [-0.1, -0.05) is 12.1 Å². The molecule has 0 amide bonds. The molecule has 0 spiro atoms. The molecule has 0 aliphatic rings. The summed E-state index contributed by atoms with van der Waals surface area (Å²) in [7, 11) is -3.80. The van der Waals surface area contributed by atoms with Crippen LogP contribution in [0, 0.1) is 22.7 Å². The molecule has 0 unspecified atom stereocenters. The molecule has 0 fully saturated rings. The number of nitrogens with zero attached hydrogens (tertiary/aromatic N) is 3. The van der Waals surface area contributed by atoms with Crippen LogP contribution in [0.25, 0.3) is 0 Å². The van der Waals surface area contributed by atoms with Crippen molar-refractivity contribution in [1.29, 1.82) is 10.5 Å². The summed E-state index contributed by atoms with van der Waals surface area (Å²) in [5.41, 5.74) is 0.834. The lowest BCUT2D eigenvalue weighted by molar-refractivity contribution is 0.601. The van der Waals surface area contributed by atoms with Gasteiger partial charge in [-0.3, -0.25) is 9.82 Å². The number of aromatic amines is 1. The van der Waals surface area contributed by atoms with E-state index in [0.29, 0.717) is 0 Å². The SMILES string of the molecule is N#CCc1ccc(S(=O)(=O)Nc2[nH]ncc2C#N)cc1. The number of benzene rings is 1. The first-order chi connectivity index (χ1) is 9.56. The van der Waals surface area contributed by atoms with Crippen LogP contribution in [0.1, 0.15) is 11.1 Å². The van der Waals surface area contributed by atoms with Crippen LogP contribution in [0.2, 0.25) is 0 Å². The largest absolute Gasteiger partial charge is 0.263 e. The van der Waals surface area contributed by atoms with Gasteiger partial charge in [-0.25, -0.2) is 8.42 Å². The zero-order valence-corrected chi connectivity index (χ0v) is 11.0. The van der Waals surface area contributed by atoms with E-state index in [2.05, 4.69) is 14.9 Å². The first kappa shape index (κ1) is 13.6. The Kier molecular flexibility index (Phi) is 3.69. The van der Waals surface area contributed by atoms with E-state index in [-0.39, 0.29) is 22.7 Å². The molecule has 0 aliphatic carbocycles. The van der Waals surface area contributed by atoms with Gasteiger partial charge < -0.3 is 0 Å². The Hall–Kier alpha value is -2.84. The van der Waals surface area contributed by atoms with E-state index in [1.807, 2.05) is 12.1 Å². The zero-order chi connectivity index (χ0) is 14.6. The first-order valence-corrected chi connectivity index (χ1v) is 6.97. The molecule has 100 valence electrons. The molecule has 2 rings (SSSR count). The molecule has 1 aromatic carbocycles. The predicted octanol–water partition coefficient (Wildman–Crippen LogP) is 1.15. The van der Waals surface area contributed by atoms with Crippen molar-refractivity contribution in [1.82, 2.24) is 10.2 Å². The van der Waals surface area contributed by atoms with E-state index in [0.717, 1.165) is 5.56 Å². The summed E-state index contributed by atoms with van der Waals surface area (Å²) in [5, 5.41) is 23.4. The van der Waals surface area contributed by atoms with Crippen molar-refractivity contribution in [2.24, 2.45) is 0 Å². The molecule has 1 aromatic heterocycles. The number of H-pyrrole nitrogens is 1. The van der Waals surface area contributed by atoms with Gasteiger partial charge in [0.1, 0.15) is 11.6 Å². The number of aromatic nitrogens is 2. The number of anilines is 1. The van der Waals surface area contributed by atoms with E-state index < -0.39 is 10.0 Å². The van der Waals surface area contributed by atoms with Crippen LogP contribution < -0.4 is 4.72 Å². The molecule has 0 radical (unpaired) electrons. The third-order valence-corrected chi connectivity index (χ3v) is 3.88.